The van der Waals surface area contributed by atoms with Crippen LogP contribution in [0.3, 0.4) is 0 Å². The molecule has 3 aromatic heterocycles. The molecule has 156 valence electrons. The molecular weight excluding hydrogens is 406 g/mol. The second-order valence-corrected chi connectivity index (χ2v) is 9.36. The Balaban J connectivity index is 1.80. The Morgan fingerprint density at radius 3 is 2.69 bits per heavy atom. The number of hydrogen-bond donors (Lipinski definition) is 0. The van der Waals surface area contributed by atoms with Crippen LogP contribution >= 0.6 is 23.1 Å². The summed E-state index contributed by atoms with van der Waals surface area (Å²) in [7, 11) is 3.41. The van der Waals surface area contributed by atoms with E-state index in [1.807, 2.05) is 33.8 Å². The first kappa shape index (κ1) is 21.8. The zero-order valence-electron chi connectivity index (χ0n) is 17.8. The highest BCUT2D eigenvalue weighted by Gasteiger charge is 2.19. The van der Waals surface area contributed by atoms with Crippen molar-refractivity contribution >= 4 is 39.1 Å². The van der Waals surface area contributed by atoms with E-state index < -0.39 is 0 Å². The summed E-state index contributed by atoms with van der Waals surface area (Å²) in [5.41, 5.74) is 3.73. The highest BCUT2D eigenvalue weighted by atomic mass is 32.2. The van der Waals surface area contributed by atoms with Gasteiger partial charge in [-0.25, -0.2) is 4.98 Å². The number of thiophene rings is 1. The van der Waals surface area contributed by atoms with E-state index in [1.165, 1.54) is 23.1 Å². The molecule has 0 N–H and O–H groups in total. The second-order valence-electron chi connectivity index (χ2n) is 7.22. The number of nitrogens with zero attached hydrogens (tertiary/aromatic N) is 3. The highest BCUT2D eigenvalue weighted by molar-refractivity contribution is 7.99. The molecule has 0 atom stereocenters. The summed E-state index contributed by atoms with van der Waals surface area (Å²) in [6.07, 6.45) is 0.904. The van der Waals surface area contributed by atoms with Crippen LogP contribution in [0.5, 0.6) is 0 Å². The normalized spacial score (nSPS) is 11.5. The molecule has 0 unspecified atom stereocenters. The number of aromatic nitrogens is 3. The predicted molar refractivity (Wildman–Crippen MR) is 120 cm³/mol. The fourth-order valence-electron chi connectivity index (χ4n) is 3.49. The fourth-order valence-corrected chi connectivity index (χ4v) is 5.41. The van der Waals surface area contributed by atoms with Crippen molar-refractivity contribution in [1.82, 2.24) is 14.1 Å². The van der Waals surface area contributed by atoms with E-state index in [0.717, 1.165) is 45.2 Å². The van der Waals surface area contributed by atoms with E-state index in [1.54, 1.807) is 18.7 Å². The predicted octanol–water partition coefficient (Wildman–Crippen LogP) is 4.04. The number of ketones is 1. The second kappa shape index (κ2) is 8.85. The number of Topliss-reactive ketones (excluding diaryl/α,β-unsaturated/α-hetero) is 1. The number of thioether (sulfide) groups is 1. The van der Waals surface area contributed by atoms with Gasteiger partial charge in [0.1, 0.15) is 4.83 Å². The van der Waals surface area contributed by atoms with E-state index in [2.05, 4.69) is 9.55 Å². The summed E-state index contributed by atoms with van der Waals surface area (Å²) < 4.78 is 8.84. The molecule has 0 amide bonds. The molecule has 3 aromatic rings. The summed E-state index contributed by atoms with van der Waals surface area (Å²) in [5, 5.41) is 1.26. The number of ether oxygens (including phenoxy) is 1. The average molecular weight is 434 g/mol. The number of aryl methyl sites for hydroxylation is 3. The quantitative estimate of drug-likeness (QED) is 0.232. The first-order valence-corrected chi connectivity index (χ1v) is 11.3. The van der Waals surface area contributed by atoms with Gasteiger partial charge in [0.2, 0.25) is 0 Å². The third-order valence-corrected chi connectivity index (χ3v) is 7.44. The van der Waals surface area contributed by atoms with Crippen LogP contribution in [0.15, 0.2) is 16.0 Å². The molecule has 0 saturated heterocycles. The average Bonchev–Trinajstić information content (AvgIpc) is 3.13. The topological polar surface area (TPSA) is 66.1 Å². The molecular formula is C21H27N3O3S2. The number of methoxy groups -OCH3 is 1. The minimum Gasteiger partial charge on any atom is -0.385 e. The lowest BCUT2D eigenvalue weighted by molar-refractivity contribution is 0.102. The number of carbonyl (C=O) groups is 1. The Kier molecular flexibility index (Phi) is 6.65. The van der Waals surface area contributed by atoms with Crippen LogP contribution in [0.4, 0.5) is 0 Å². The van der Waals surface area contributed by atoms with E-state index in [-0.39, 0.29) is 17.1 Å². The van der Waals surface area contributed by atoms with Gasteiger partial charge in [0.15, 0.2) is 10.9 Å². The number of rotatable bonds is 8. The summed E-state index contributed by atoms with van der Waals surface area (Å²) in [6.45, 7) is 9.48. The van der Waals surface area contributed by atoms with E-state index in [0.29, 0.717) is 17.1 Å². The van der Waals surface area contributed by atoms with E-state index in [9.17, 15) is 9.59 Å². The first-order valence-electron chi connectivity index (χ1n) is 9.54. The van der Waals surface area contributed by atoms with Gasteiger partial charge >= 0.3 is 0 Å². The Labute approximate surface area is 178 Å². The molecule has 0 aliphatic carbocycles. The smallest absolute Gasteiger partial charge is 0.262 e. The SMILES string of the molecule is COCCCn1c(C)cc(C(=O)CSc2nc3sc(C)c(C)c3c(=O)n2C)c1C. The molecule has 0 aliphatic rings. The molecule has 8 heteroatoms. The lowest BCUT2D eigenvalue weighted by Crippen LogP contribution is -2.20. The molecule has 6 nitrogen and oxygen atoms in total. The van der Waals surface area contributed by atoms with Gasteiger partial charge in [-0.3, -0.25) is 14.2 Å². The minimum absolute atomic E-state index is 0.0500. The van der Waals surface area contributed by atoms with Crippen LogP contribution in [-0.4, -0.2) is 39.4 Å². The van der Waals surface area contributed by atoms with Crippen LogP contribution in [-0.2, 0) is 18.3 Å². The summed E-state index contributed by atoms with van der Waals surface area (Å²) in [5.74, 6) is 0.297. The number of fused-ring (bicyclic) bond motifs is 1. The van der Waals surface area contributed by atoms with E-state index >= 15 is 0 Å². The zero-order chi connectivity index (χ0) is 21.3. The fraction of sp³-hybridized carbons (Fsp3) is 0.476. The van der Waals surface area contributed by atoms with Crippen molar-refractivity contribution in [2.75, 3.05) is 19.5 Å². The molecule has 0 aromatic carbocycles. The van der Waals surface area contributed by atoms with Crippen molar-refractivity contribution in [1.29, 1.82) is 0 Å². The molecule has 0 aliphatic heterocycles. The summed E-state index contributed by atoms with van der Waals surface area (Å²) in [6, 6.07) is 1.95. The van der Waals surface area contributed by atoms with Crippen molar-refractivity contribution in [2.24, 2.45) is 7.05 Å². The minimum atomic E-state index is -0.0527. The van der Waals surface area contributed by atoms with Gasteiger partial charge in [-0.15, -0.1) is 11.3 Å². The molecule has 0 spiro atoms. The third kappa shape index (κ3) is 4.20. The molecule has 29 heavy (non-hydrogen) atoms. The number of hydrogen-bond acceptors (Lipinski definition) is 6. The van der Waals surface area contributed by atoms with Gasteiger partial charge in [0, 0.05) is 49.1 Å². The Morgan fingerprint density at radius 2 is 2.00 bits per heavy atom. The van der Waals surface area contributed by atoms with Gasteiger partial charge in [0.25, 0.3) is 5.56 Å². The highest BCUT2D eigenvalue weighted by Crippen LogP contribution is 2.28. The zero-order valence-corrected chi connectivity index (χ0v) is 19.4. The Hall–Kier alpha value is -1.90. The largest absolute Gasteiger partial charge is 0.385 e. The van der Waals surface area contributed by atoms with Crippen molar-refractivity contribution in [3.8, 4) is 0 Å². The van der Waals surface area contributed by atoms with Gasteiger partial charge in [-0.1, -0.05) is 11.8 Å². The molecule has 3 heterocycles. The van der Waals surface area contributed by atoms with Gasteiger partial charge in [-0.2, -0.15) is 0 Å². The van der Waals surface area contributed by atoms with Crippen LogP contribution in [0.2, 0.25) is 0 Å². The summed E-state index contributed by atoms with van der Waals surface area (Å²) in [4.78, 5) is 32.1. The van der Waals surface area contributed by atoms with Gasteiger partial charge < -0.3 is 9.30 Å². The molecule has 0 saturated carbocycles. The van der Waals surface area contributed by atoms with Crippen LogP contribution in [0.25, 0.3) is 10.2 Å². The van der Waals surface area contributed by atoms with Crippen molar-refractivity contribution < 1.29 is 9.53 Å². The van der Waals surface area contributed by atoms with Crippen LogP contribution < -0.4 is 5.56 Å². The van der Waals surface area contributed by atoms with Crippen molar-refractivity contribution in [3.63, 3.8) is 0 Å². The maximum Gasteiger partial charge on any atom is 0.262 e. The summed E-state index contributed by atoms with van der Waals surface area (Å²) >= 11 is 2.85. The molecule has 0 fully saturated rings. The van der Waals surface area contributed by atoms with Gasteiger partial charge in [0.05, 0.1) is 11.1 Å². The van der Waals surface area contributed by atoms with Crippen LogP contribution in [0.1, 0.15) is 38.6 Å². The monoisotopic (exact) mass is 433 g/mol. The molecule has 0 bridgehead atoms. The maximum absolute atomic E-state index is 12.9. The Morgan fingerprint density at radius 1 is 1.28 bits per heavy atom. The first-order chi connectivity index (χ1) is 13.8. The van der Waals surface area contributed by atoms with E-state index in [4.69, 9.17) is 4.74 Å². The standard InChI is InChI=1S/C21H27N3O3S2/c1-12-10-16(14(3)24(12)8-7-9-27-6)17(25)11-28-21-22-19-18(20(26)23(21)5)13(2)15(4)29-19/h10H,7-9,11H2,1-6H3. The Bertz CT molecular complexity index is 1120. The maximum atomic E-state index is 12.9. The number of carbonyl (C=O) groups excluding carboxylic acids is 1. The molecule has 3 rings (SSSR count). The lowest BCUT2D eigenvalue weighted by Gasteiger charge is -2.09. The van der Waals surface area contributed by atoms with Gasteiger partial charge in [-0.05, 0) is 45.7 Å². The van der Waals surface area contributed by atoms with Crippen molar-refractivity contribution in [2.45, 2.75) is 45.8 Å². The van der Waals surface area contributed by atoms with Crippen molar-refractivity contribution in [3.05, 3.63) is 43.8 Å². The van der Waals surface area contributed by atoms with Crippen LogP contribution in [0, 0.1) is 27.7 Å². The lowest BCUT2D eigenvalue weighted by atomic mass is 10.2. The molecule has 0 radical (unpaired) electrons. The third-order valence-electron chi connectivity index (χ3n) is 5.31.